The number of rotatable bonds is 1. The van der Waals surface area contributed by atoms with Gasteiger partial charge in [0.05, 0.1) is 5.69 Å². The Bertz CT molecular complexity index is 530. The van der Waals surface area contributed by atoms with Crippen LogP contribution >= 0.6 is 31.9 Å². The van der Waals surface area contributed by atoms with Crippen LogP contribution in [0.15, 0.2) is 21.1 Å². The molecule has 1 aromatic carbocycles. The topological polar surface area (TPSA) is 55.4 Å². The summed E-state index contributed by atoms with van der Waals surface area (Å²) >= 11 is 6.71. The first-order chi connectivity index (χ1) is 7.84. The first-order valence-corrected chi connectivity index (χ1v) is 6.44. The Balaban J connectivity index is 2.61. The molecule has 0 saturated carbocycles. The van der Waals surface area contributed by atoms with E-state index >= 15 is 0 Å². The molecule has 0 fully saturated rings. The van der Waals surface area contributed by atoms with Crippen molar-refractivity contribution in [2.45, 2.75) is 19.4 Å². The number of halogens is 2. The van der Waals surface area contributed by atoms with Crippen LogP contribution in [0.2, 0.25) is 0 Å². The van der Waals surface area contributed by atoms with Gasteiger partial charge >= 0.3 is 5.97 Å². The maximum absolute atomic E-state index is 11.9. The summed E-state index contributed by atoms with van der Waals surface area (Å²) in [5, 5.41) is 2.70. The lowest BCUT2D eigenvalue weighted by Crippen LogP contribution is -2.35. The Morgan fingerprint density at radius 3 is 2.65 bits per heavy atom. The summed E-state index contributed by atoms with van der Waals surface area (Å²) in [6, 6.07) is 3.58. The maximum atomic E-state index is 11.9. The molecule has 0 aliphatic carbocycles. The van der Waals surface area contributed by atoms with Crippen molar-refractivity contribution in [2.24, 2.45) is 0 Å². The maximum Gasteiger partial charge on any atom is 0.304 e. The van der Waals surface area contributed by atoms with Crippen molar-refractivity contribution in [2.75, 3.05) is 5.32 Å². The van der Waals surface area contributed by atoms with E-state index in [1.165, 1.54) is 6.92 Å². The molecule has 2 rings (SSSR count). The number of benzene rings is 1. The second-order valence-electron chi connectivity index (χ2n) is 3.89. The van der Waals surface area contributed by atoms with E-state index in [1.54, 1.807) is 19.1 Å². The third kappa shape index (κ3) is 1.99. The van der Waals surface area contributed by atoms with Gasteiger partial charge in [-0.2, -0.15) is 0 Å². The zero-order valence-corrected chi connectivity index (χ0v) is 12.3. The number of hydrogen-bond acceptors (Lipinski definition) is 3. The molecule has 17 heavy (non-hydrogen) atoms. The molecule has 90 valence electrons. The smallest absolute Gasteiger partial charge is 0.304 e. The molecule has 6 heteroatoms. The first-order valence-electron chi connectivity index (χ1n) is 4.85. The van der Waals surface area contributed by atoms with Crippen LogP contribution in [-0.2, 0) is 19.9 Å². The van der Waals surface area contributed by atoms with Crippen molar-refractivity contribution in [3.8, 4) is 0 Å². The number of ether oxygens (including phenoxy) is 1. The highest BCUT2D eigenvalue weighted by Gasteiger charge is 2.47. The third-order valence-corrected chi connectivity index (χ3v) is 3.64. The van der Waals surface area contributed by atoms with Gasteiger partial charge in [0.25, 0.3) is 5.91 Å². The quantitative estimate of drug-likeness (QED) is 0.781. The minimum atomic E-state index is -1.28. The summed E-state index contributed by atoms with van der Waals surface area (Å²) in [4.78, 5) is 23.0. The molecule has 1 N–H and O–H groups in total. The first kappa shape index (κ1) is 12.6. The van der Waals surface area contributed by atoms with Gasteiger partial charge in [-0.05, 0) is 19.1 Å². The number of nitrogens with one attached hydrogen (secondary N) is 1. The van der Waals surface area contributed by atoms with E-state index in [1.807, 2.05) is 0 Å². The van der Waals surface area contributed by atoms with Gasteiger partial charge < -0.3 is 10.1 Å². The van der Waals surface area contributed by atoms with Crippen LogP contribution in [-0.4, -0.2) is 11.9 Å². The summed E-state index contributed by atoms with van der Waals surface area (Å²) in [6.45, 7) is 2.86. The van der Waals surface area contributed by atoms with Crippen molar-refractivity contribution in [3.05, 3.63) is 26.6 Å². The average Bonchev–Trinajstić information content (AvgIpc) is 2.36. The minimum absolute atomic E-state index is 0.346. The zero-order valence-electron chi connectivity index (χ0n) is 9.14. The molecule has 1 unspecified atom stereocenters. The van der Waals surface area contributed by atoms with Gasteiger partial charge in [-0.25, -0.2) is 0 Å². The second-order valence-corrected chi connectivity index (χ2v) is 5.66. The van der Waals surface area contributed by atoms with Gasteiger partial charge in [-0.15, -0.1) is 0 Å². The fraction of sp³-hybridized carbons (Fsp3) is 0.273. The van der Waals surface area contributed by atoms with Gasteiger partial charge in [0.2, 0.25) is 5.60 Å². The van der Waals surface area contributed by atoms with Gasteiger partial charge in [0.15, 0.2) is 0 Å². The summed E-state index contributed by atoms with van der Waals surface area (Å²) in [6.07, 6.45) is 0. The van der Waals surface area contributed by atoms with Crippen molar-refractivity contribution in [3.63, 3.8) is 0 Å². The van der Waals surface area contributed by atoms with Crippen LogP contribution in [0.3, 0.4) is 0 Å². The molecule has 1 aliphatic rings. The Morgan fingerprint density at radius 2 is 2.06 bits per heavy atom. The van der Waals surface area contributed by atoms with Gasteiger partial charge in [-0.3, -0.25) is 9.59 Å². The molecular weight excluding hydrogens is 354 g/mol. The van der Waals surface area contributed by atoms with E-state index in [2.05, 4.69) is 37.2 Å². The second kappa shape index (κ2) is 4.10. The standard InChI is InChI=1S/C11H9Br2NO3/c1-5(15)17-11(2)9-7(13)3-6(12)4-8(9)14-10(11)16/h3-4H,1-2H3,(H,14,16). The van der Waals surface area contributed by atoms with Crippen LogP contribution in [0.1, 0.15) is 19.4 Å². The molecule has 1 aromatic rings. The molecule has 1 aliphatic heterocycles. The van der Waals surface area contributed by atoms with Crippen LogP contribution < -0.4 is 5.32 Å². The fourth-order valence-electron chi connectivity index (χ4n) is 1.90. The number of anilines is 1. The number of carbonyl (C=O) groups excluding carboxylic acids is 2. The van der Waals surface area contributed by atoms with Crippen LogP contribution in [0.4, 0.5) is 5.69 Å². The monoisotopic (exact) mass is 361 g/mol. The zero-order chi connectivity index (χ0) is 12.8. The Morgan fingerprint density at radius 1 is 1.41 bits per heavy atom. The molecule has 0 bridgehead atoms. The summed E-state index contributed by atoms with van der Waals surface area (Å²) in [7, 11) is 0. The molecule has 0 spiro atoms. The van der Waals surface area contributed by atoms with E-state index in [4.69, 9.17) is 4.74 Å². The van der Waals surface area contributed by atoms with Gasteiger partial charge in [0.1, 0.15) is 0 Å². The number of esters is 1. The van der Waals surface area contributed by atoms with E-state index in [9.17, 15) is 9.59 Å². The number of fused-ring (bicyclic) bond motifs is 1. The van der Waals surface area contributed by atoms with Gasteiger partial charge in [0, 0.05) is 21.4 Å². The normalized spacial score (nSPS) is 22.0. The Hall–Kier alpha value is -0.880. The van der Waals surface area contributed by atoms with Crippen LogP contribution in [0, 0.1) is 0 Å². The number of amides is 1. The summed E-state index contributed by atoms with van der Waals surface area (Å²) < 4.78 is 6.70. The molecule has 1 heterocycles. The van der Waals surface area contributed by atoms with E-state index in [-0.39, 0.29) is 5.91 Å². The molecule has 0 aromatic heterocycles. The molecule has 1 amide bonds. The summed E-state index contributed by atoms with van der Waals surface area (Å²) in [5.74, 6) is -0.841. The van der Waals surface area contributed by atoms with Gasteiger partial charge in [-0.1, -0.05) is 31.9 Å². The lowest BCUT2D eigenvalue weighted by molar-refractivity contribution is -0.162. The predicted molar refractivity (Wildman–Crippen MR) is 69.6 cm³/mol. The van der Waals surface area contributed by atoms with Crippen molar-refractivity contribution in [1.29, 1.82) is 0 Å². The highest BCUT2D eigenvalue weighted by molar-refractivity contribution is 9.11. The lowest BCUT2D eigenvalue weighted by Gasteiger charge is -2.22. The lowest BCUT2D eigenvalue weighted by atomic mass is 9.97. The van der Waals surface area contributed by atoms with Crippen molar-refractivity contribution >= 4 is 49.4 Å². The fourth-order valence-corrected chi connectivity index (χ4v) is 3.50. The van der Waals surface area contributed by atoms with E-state index in [0.29, 0.717) is 15.7 Å². The minimum Gasteiger partial charge on any atom is -0.444 e. The third-order valence-electron chi connectivity index (χ3n) is 2.56. The highest BCUT2D eigenvalue weighted by atomic mass is 79.9. The Kier molecular flexibility index (Phi) is 3.03. The van der Waals surface area contributed by atoms with Crippen molar-refractivity contribution < 1.29 is 14.3 Å². The summed E-state index contributed by atoms with van der Waals surface area (Å²) in [5.41, 5.74) is 0.00153. The molecule has 4 nitrogen and oxygen atoms in total. The Labute approximate surface area is 115 Å². The number of carbonyl (C=O) groups is 2. The number of hydrogen-bond donors (Lipinski definition) is 1. The molecular formula is C11H9Br2NO3. The average molecular weight is 363 g/mol. The predicted octanol–water partition coefficient (Wildman–Crippen LogP) is 2.94. The van der Waals surface area contributed by atoms with E-state index in [0.717, 1.165) is 4.47 Å². The van der Waals surface area contributed by atoms with Crippen molar-refractivity contribution in [1.82, 2.24) is 0 Å². The molecule has 1 atom stereocenters. The van der Waals surface area contributed by atoms with E-state index < -0.39 is 11.6 Å². The largest absolute Gasteiger partial charge is 0.444 e. The van der Waals surface area contributed by atoms with Crippen LogP contribution in [0.5, 0.6) is 0 Å². The molecule has 0 saturated heterocycles. The van der Waals surface area contributed by atoms with Crippen LogP contribution in [0.25, 0.3) is 0 Å². The molecule has 0 radical (unpaired) electrons. The SMILES string of the molecule is CC(=O)OC1(C)C(=O)Nc2cc(Br)cc(Br)c21. The highest BCUT2D eigenvalue weighted by Crippen LogP contribution is 2.44.